The zero-order chi connectivity index (χ0) is 12.2. The molecule has 5 heteroatoms. The van der Waals surface area contributed by atoms with Crippen molar-refractivity contribution in [1.29, 1.82) is 0 Å². The second-order valence-corrected chi connectivity index (χ2v) is 4.56. The standard InChI is InChI=1S/C12H24N2O2.ClH/c1-4-12(5-2)9(8-10(12)16-3)14-11(15)6-7-13;/h9-10H,4-8,13H2,1-3H3,(H,14,15);1H. The quantitative estimate of drug-likeness (QED) is 0.764. The van der Waals surface area contributed by atoms with E-state index < -0.39 is 0 Å². The molecule has 2 unspecified atom stereocenters. The van der Waals surface area contributed by atoms with Gasteiger partial charge in [0.25, 0.3) is 0 Å². The van der Waals surface area contributed by atoms with E-state index in [4.69, 9.17) is 10.5 Å². The van der Waals surface area contributed by atoms with Gasteiger partial charge < -0.3 is 15.8 Å². The largest absolute Gasteiger partial charge is 0.381 e. The van der Waals surface area contributed by atoms with Crippen LogP contribution in [0, 0.1) is 5.41 Å². The van der Waals surface area contributed by atoms with Crippen LogP contribution in [0.5, 0.6) is 0 Å². The Morgan fingerprint density at radius 2 is 2.06 bits per heavy atom. The molecule has 1 saturated carbocycles. The number of hydrogen-bond acceptors (Lipinski definition) is 3. The lowest BCUT2D eigenvalue weighted by Crippen LogP contribution is -2.64. The van der Waals surface area contributed by atoms with Crippen molar-refractivity contribution in [2.75, 3.05) is 13.7 Å². The van der Waals surface area contributed by atoms with Gasteiger partial charge in [-0.05, 0) is 19.3 Å². The number of halogens is 1. The maximum Gasteiger partial charge on any atom is 0.221 e. The number of rotatable bonds is 6. The van der Waals surface area contributed by atoms with Gasteiger partial charge in [-0.3, -0.25) is 4.79 Å². The monoisotopic (exact) mass is 264 g/mol. The van der Waals surface area contributed by atoms with Crippen molar-refractivity contribution in [3.05, 3.63) is 0 Å². The molecule has 0 aliphatic heterocycles. The van der Waals surface area contributed by atoms with Gasteiger partial charge in [0.15, 0.2) is 0 Å². The zero-order valence-corrected chi connectivity index (χ0v) is 11.8. The predicted octanol–water partition coefficient (Wildman–Crippen LogP) is 1.47. The number of carbonyl (C=O) groups excluding carboxylic acids is 1. The van der Waals surface area contributed by atoms with Crippen LogP contribution < -0.4 is 11.1 Å². The third-order valence-electron chi connectivity index (χ3n) is 4.09. The van der Waals surface area contributed by atoms with E-state index in [0.29, 0.717) is 13.0 Å². The lowest BCUT2D eigenvalue weighted by Gasteiger charge is -2.55. The molecule has 0 spiro atoms. The van der Waals surface area contributed by atoms with Crippen LogP contribution in [0.4, 0.5) is 0 Å². The first-order valence-corrected chi connectivity index (χ1v) is 6.16. The molecule has 0 radical (unpaired) electrons. The van der Waals surface area contributed by atoms with E-state index in [1.165, 1.54) is 0 Å². The number of carbonyl (C=O) groups is 1. The third kappa shape index (κ3) is 3.12. The van der Waals surface area contributed by atoms with E-state index in [2.05, 4.69) is 19.2 Å². The fourth-order valence-corrected chi connectivity index (χ4v) is 2.88. The Hall–Kier alpha value is -0.320. The molecule has 0 aromatic carbocycles. The van der Waals surface area contributed by atoms with Crippen LogP contribution >= 0.6 is 12.4 Å². The molecule has 1 rings (SSSR count). The SMILES string of the molecule is CCC1(CC)C(NC(=O)CCN)CC1OC.Cl. The van der Waals surface area contributed by atoms with Crippen LogP contribution in [0.25, 0.3) is 0 Å². The molecule has 0 bridgehead atoms. The van der Waals surface area contributed by atoms with Crippen LogP contribution in [-0.2, 0) is 9.53 Å². The van der Waals surface area contributed by atoms with Crippen molar-refractivity contribution in [3.63, 3.8) is 0 Å². The van der Waals surface area contributed by atoms with E-state index in [1.54, 1.807) is 7.11 Å². The molecule has 17 heavy (non-hydrogen) atoms. The van der Waals surface area contributed by atoms with E-state index in [-0.39, 0.29) is 35.9 Å². The molecule has 2 atom stereocenters. The summed E-state index contributed by atoms with van der Waals surface area (Å²) >= 11 is 0. The maximum absolute atomic E-state index is 11.5. The van der Waals surface area contributed by atoms with Crippen LogP contribution in [0.15, 0.2) is 0 Å². The fourth-order valence-electron chi connectivity index (χ4n) is 2.88. The van der Waals surface area contributed by atoms with E-state index in [9.17, 15) is 4.79 Å². The lowest BCUT2D eigenvalue weighted by atomic mass is 9.58. The van der Waals surface area contributed by atoms with Gasteiger partial charge in [-0.1, -0.05) is 13.8 Å². The molecule has 1 aliphatic carbocycles. The second-order valence-electron chi connectivity index (χ2n) is 4.56. The summed E-state index contributed by atoms with van der Waals surface area (Å²) in [6, 6.07) is 0.256. The summed E-state index contributed by atoms with van der Waals surface area (Å²) < 4.78 is 5.48. The molecule has 0 aromatic rings. The van der Waals surface area contributed by atoms with Crippen LogP contribution in [-0.4, -0.2) is 31.7 Å². The van der Waals surface area contributed by atoms with Gasteiger partial charge in [-0.15, -0.1) is 12.4 Å². The highest BCUT2D eigenvalue weighted by Crippen LogP contribution is 2.48. The Bertz CT molecular complexity index is 245. The van der Waals surface area contributed by atoms with Crippen LogP contribution in [0.1, 0.15) is 39.5 Å². The van der Waals surface area contributed by atoms with Gasteiger partial charge in [0.2, 0.25) is 5.91 Å². The summed E-state index contributed by atoms with van der Waals surface area (Å²) in [5.41, 5.74) is 5.49. The van der Waals surface area contributed by atoms with Gasteiger partial charge in [-0.25, -0.2) is 0 Å². The first kappa shape index (κ1) is 16.7. The molecule has 0 saturated heterocycles. The average molecular weight is 265 g/mol. The molecular formula is C12H25ClN2O2. The predicted molar refractivity (Wildman–Crippen MR) is 71.3 cm³/mol. The van der Waals surface area contributed by atoms with Gasteiger partial charge in [0.05, 0.1) is 6.10 Å². The molecule has 0 aromatic heterocycles. The topological polar surface area (TPSA) is 64.4 Å². The van der Waals surface area contributed by atoms with E-state index in [1.807, 2.05) is 0 Å². The molecule has 1 fully saturated rings. The first-order valence-electron chi connectivity index (χ1n) is 6.16. The molecule has 1 amide bonds. The Kier molecular flexibility index (Phi) is 7.05. The van der Waals surface area contributed by atoms with Crippen molar-refractivity contribution in [2.45, 2.75) is 51.7 Å². The molecule has 4 nitrogen and oxygen atoms in total. The zero-order valence-electron chi connectivity index (χ0n) is 11.0. The number of nitrogens with two attached hydrogens (primary N) is 1. The molecular weight excluding hydrogens is 240 g/mol. The van der Waals surface area contributed by atoms with E-state index >= 15 is 0 Å². The second kappa shape index (κ2) is 7.19. The molecule has 0 heterocycles. The van der Waals surface area contributed by atoms with Crippen LogP contribution in [0.2, 0.25) is 0 Å². The lowest BCUT2D eigenvalue weighted by molar-refractivity contribution is -0.141. The van der Waals surface area contributed by atoms with Crippen molar-refractivity contribution in [2.24, 2.45) is 11.1 Å². The number of ether oxygens (including phenoxy) is 1. The van der Waals surface area contributed by atoms with Crippen molar-refractivity contribution < 1.29 is 9.53 Å². The minimum Gasteiger partial charge on any atom is -0.381 e. The number of hydrogen-bond donors (Lipinski definition) is 2. The Balaban J connectivity index is 0.00000256. The summed E-state index contributed by atoms with van der Waals surface area (Å²) in [5, 5.41) is 3.08. The fraction of sp³-hybridized carbons (Fsp3) is 0.917. The highest BCUT2D eigenvalue weighted by atomic mass is 35.5. The smallest absolute Gasteiger partial charge is 0.221 e. The van der Waals surface area contributed by atoms with E-state index in [0.717, 1.165) is 19.3 Å². The summed E-state index contributed by atoms with van der Waals surface area (Å²) in [6.07, 6.45) is 3.70. The molecule has 1 aliphatic rings. The van der Waals surface area contributed by atoms with Crippen molar-refractivity contribution in [3.8, 4) is 0 Å². The summed E-state index contributed by atoms with van der Waals surface area (Å²) in [6.45, 7) is 4.74. The van der Waals surface area contributed by atoms with Gasteiger partial charge >= 0.3 is 0 Å². The van der Waals surface area contributed by atoms with Crippen molar-refractivity contribution in [1.82, 2.24) is 5.32 Å². The van der Waals surface area contributed by atoms with Gasteiger partial charge in [0, 0.05) is 31.5 Å². The average Bonchev–Trinajstić information content (AvgIpc) is 2.26. The number of amides is 1. The Labute approximate surface area is 110 Å². The third-order valence-corrected chi connectivity index (χ3v) is 4.09. The summed E-state index contributed by atoms with van der Waals surface area (Å²) in [7, 11) is 1.75. The highest BCUT2D eigenvalue weighted by Gasteiger charge is 2.53. The maximum atomic E-state index is 11.5. The summed E-state index contributed by atoms with van der Waals surface area (Å²) in [4.78, 5) is 11.5. The molecule has 3 N–H and O–H groups in total. The van der Waals surface area contributed by atoms with Gasteiger partial charge in [-0.2, -0.15) is 0 Å². The number of methoxy groups -OCH3 is 1. The highest BCUT2D eigenvalue weighted by molar-refractivity contribution is 5.85. The first-order chi connectivity index (χ1) is 7.64. The normalized spacial score (nSPS) is 25.6. The van der Waals surface area contributed by atoms with Gasteiger partial charge in [0.1, 0.15) is 0 Å². The Morgan fingerprint density at radius 1 is 1.47 bits per heavy atom. The van der Waals surface area contributed by atoms with Crippen molar-refractivity contribution >= 4 is 18.3 Å². The summed E-state index contributed by atoms with van der Waals surface area (Å²) in [5.74, 6) is 0.0633. The number of nitrogens with one attached hydrogen (secondary N) is 1. The minimum atomic E-state index is 0. The Morgan fingerprint density at radius 3 is 2.47 bits per heavy atom. The minimum absolute atomic E-state index is 0. The van der Waals surface area contributed by atoms with Crippen LogP contribution in [0.3, 0.4) is 0 Å². The molecule has 102 valence electrons.